The van der Waals surface area contributed by atoms with Crippen molar-refractivity contribution in [2.24, 2.45) is 5.92 Å². The third-order valence-electron chi connectivity index (χ3n) is 1.83. The lowest BCUT2D eigenvalue weighted by atomic mass is 10.1. The van der Waals surface area contributed by atoms with Crippen molar-refractivity contribution in [3.8, 4) is 0 Å². The van der Waals surface area contributed by atoms with Crippen LogP contribution in [0.4, 0.5) is 8.78 Å². The summed E-state index contributed by atoms with van der Waals surface area (Å²) in [6.45, 7) is 0.136. The first-order chi connectivity index (χ1) is 5.00. The largest absolute Gasteiger partial charge is 0.340 e. The van der Waals surface area contributed by atoms with Gasteiger partial charge in [-0.15, -0.1) is 0 Å². The van der Waals surface area contributed by atoms with E-state index in [1.165, 1.54) is 7.05 Å². The molecular formula is C6H8BrF2NO. The van der Waals surface area contributed by atoms with E-state index in [1.807, 2.05) is 0 Å². The lowest BCUT2D eigenvalue weighted by Gasteiger charge is -2.11. The predicted molar refractivity (Wildman–Crippen MR) is 39.9 cm³/mol. The molecule has 5 heteroatoms. The topological polar surface area (TPSA) is 20.3 Å². The van der Waals surface area contributed by atoms with Crippen LogP contribution in [0.15, 0.2) is 0 Å². The SMILES string of the molecule is CN1C[C@H](CBr)C(F)(F)C1=O. The summed E-state index contributed by atoms with van der Waals surface area (Å²) in [5.74, 6) is -5.11. The highest BCUT2D eigenvalue weighted by molar-refractivity contribution is 9.09. The fourth-order valence-corrected chi connectivity index (χ4v) is 1.71. The third kappa shape index (κ3) is 1.26. The molecule has 0 aliphatic carbocycles. The Kier molecular flexibility index (Phi) is 2.18. The number of carbonyl (C=O) groups is 1. The second-order valence-corrected chi connectivity index (χ2v) is 3.31. The monoisotopic (exact) mass is 227 g/mol. The summed E-state index contributed by atoms with van der Waals surface area (Å²) < 4.78 is 25.7. The number of nitrogens with zero attached hydrogens (tertiary/aromatic N) is 1. The molecule has 0 saturated carbocycles. The van der Waals surface area contributed by atoms with Crippen molar-refractivity contribution >= 4 is 21.8 Å². The van der Waals surface area contributed by atoms with Crippen LogP contribution in [0, 0.1) is 5.92 Å². The average Bonchev–Trinajstić information content (AvgIpc) is 2.13. The van der Waals surface area contributed by atoms with Crippen LogP contribution in [0.5, 0.6) is 0 Å². The van der Waals surface area contributed by atoms with Crippen LogP contribution in [0.3, 0.4) is 0 Å². The molecule has 0 spiro atoms. The molecule has 0 N–H and O–H groups in total. The van der Waals surface area contributed by atoms with Gasteiger partial charge in [0, 0.05) is 18.9 Å². The summed E-state index contributed by atoms with van der Waals surface area (Å²) in [6, 6.07) is 0. The van der Waals surface area contributed by atoms with Gasteiger partial charge in [0.25, 0.3) is 5.91 Å². The summed E-state index contributed by atoms with van der Waals surface area (Å²) in [5, 5.41) is 0.163. The minimum Gasteiger partial charge on any atom is -0.340 e. The van der Waals surface area contributed by atoms with E-state index in [4.69, 9.17) is 0 Å². The van der Waals surface area contributed by atoms with Gasteiger partial charge < -0.3 is 4.90 Å². The minimum atomic E-state index is -3.17. The van der Waals surface area contributed by atoms with Crippen molar-refractivity contribution in [2.75, 3.05) is 18.9 Å². The summed E-state index contributed by atoms with van der Waals surface area (Å²) in [6.07, 6.45) is 0. The van der Waals surface area contributed by atoms with Crippen LogP contribution in [0.25, 0.3) is 0 Å². The first-order valence-electron chi connectivity index (χ1n) is 3.19. The van der Waals surface area contributed by atoms with E-state index >= 15 is 0 Å². The number of amides is 1. The number of hydrogen-bond acceptors (Lipinski definition) is 1. The third-order valence-corrected chi connectivity index (χ3v) is 2.61. The quantitative estimate of drug-likeness (QED) is 0.615. The summed E-state index contributed by atoms with van der Waals surface area (Å²) in [5.41, 5.74) is 0. The Morgan fingerprint density at radius 2 is 2.36 bits per heavy atom. The molecule has 1 saturated heterocycles. The van der Waals surface area contributed by atoms with Gasteiger partial charge in [0.05, 0.1) is 5.92 Å². The first-order valence-corrected chi connectivity index (χ1v) is 4.31. The van der Waals surface area contributed by atoms with Crippen molar-refractivity contribution in [3.63, 3.8) is 0 Å². The number of halogens is 3. The van der Waals surface area contributed by atoms with Crippen LogP contribution in [0.1, 0.15) is 0 Å². The Hall–Kier alpha value is -0.190. The number of rotatable bonds is 1. The Morgan fingerprint density at radius 1 is 1.82 bits per heavy atom. The van der Waals surface area contributed by atoms with Gasteiger partial charge in [-0.25, -0.2) is 0 Å². The molecule has 1 atom stereocenters. The molecule has 0 aromatic heterocycles. The summed E-state index contributed by atoms with van der Waals surface area (Å²) in [4.78, 5) is 11.8. The lowest BCUT2D eigenvalue weighted by Crippen LogP contribution is -2.33. The number of carbonyl (C=O) groups excluding carboxylic acids is 1. The van der Waals surface area contributed by atoms with Crippen LogP contribution in [-0.2, 0) is 4.79 Å². The zero-order valence-corrected chi connectivity index (χ0v) is 7.57. The summed E-state index contributed by atoms with van der Waals surface area (Å²) in [7, 11) is 1.39. The summed E-state index contributed by atoms with van der Waals surface area (Å²) >= 11 is 2.95. The van der Waals surface area contributed by atoms with E-state index < -0.39 is 17.7 Å². The van der Waals surface area contributed by atoms with Gasteiger partial charge in [0.1, 0.15) is 0 Å². The van der Waals surface area contributed by atoms with Crippen molar-refractivity contribution in [1.82, 2.24) is 4.90 Å². The van der Waals surface area contributed by atoms with Gasteiger partial charge in [0.15, 0.2) is 0 Å². The van der Waals surface area contributed by atoms with Gasteiger partial charge in [-0.05, 0) is 0 Å². The van der Waals surface area contributed by atoms with Gasteiger partial charge in [0.2, 0.25) is 0 Å². The molecule has 0 unspecified atom stereocenters. The van der Waals surface area contributed by atoms with Crippen molar-refractivity contribution in [1.29, 1.82) is 0 Å². The van der Waals surface area contributed by atoms with Crippen LogP contribution < -0.4 is 0 Å². The van der Waals surface area contributed by atoms with Crippen molar-refractivity contribution in [3.05, 3.63) is 0 Å². The van der Waals surface area contributed by atoms with E-state index in [0.717, 1.165) is 4.90 Å². The molecule has 0 radical (unpaired) electrons. The second kappa shape index (κ2) is 2.69. The fraction of sp³-hybridized carbons (Fsp3) is 0.833. The van der Waals surface area contributed by atoms with Crippen molar-refractivity contribution in [2.45, 2.75) is 5.92 Å². The molecule has 2 nitrogen and oxygen atoms in total. The van der Waals surface area contributed by atoms with E-state index in [-0.39, 0.29) is 11.9 Å². The highest BCUT2D eigenvalue weighted by atomic mass is 79.9. The minimum absolute atomic E-state index is 0.136. The smallest absolute Gasteiger partial charge is 0.330 e. The molecule has 1 aliphatic heterocycles. The van der Waals surface area contributed by atoms with Crippen LogP contribution in [-0.4, -0.2) is 35.7 Å². The Bertz CT molecular complexity index is 185. The van der Waals surface area contributed by atoms with Gasteiger partial charge >= 0.3 is 5.92 Å². The number of hydrogen-bond donors (Lipinski definition) is 0. The molecule has 0 bridgehead atoms. The molecular weight excluding hydrogens is 220 g/mol. The number of alkyl halides is 3. The standard InChI is InChI=1S/C6H8BrF2NO/c1-10-3-4(2-7)6(8,9)5(10)11/h4H,2-3H2,1H3/t4-/m0/s1. The van der Waals surface area contributed by atoms with E-state index in [0.29, 0.717) is 0 Å². The maximum Gasteiger partial charge on any atom is 0.330 e. The second-order valence-electron chi connectivity index (χ2n) is 2.66. The highest BCUT2D eigenvalue weighted by Crippen LogP contribution is 2.34. The lowest BCUT2D eigenvalue weighted by molar-refractivity contribution is -0.149. The van der Waals surface area contributed by atoms with E-state index in [9.17, 15) is 13.6 Å². The normalized spacial score (nSPS) is 29.6. The average molecular weight is 228 g/mol. The molecule has 64 valence electrons. The Labute approximate surface area is 71.7 Å². The molecule has 1 fully saturated rings. The number of likely N-dealkylation sites (tertiary alicyclic amines) is 1. The van der Waals surface area contributed by atoms with Gasteiger partial charge in [-0.3, -0.25) is 4.79 Å². The maximum atomic E-state index is 12.8. The van der Waals surface area contributed by atoms with Gasteiger partial charge in [-0.2, -0.15) is 8.78 Å². The molecule has 1 amide bonds. The Morgan fingerprint density at radius 3 is 2.55 bits per heavy atom. The highest BCUT2D eigenvalue weighted by Gasteiger charge is 2.54. The van der Waals surface area contributed by atoms with Crippen LogP contribution >= 0.6 is 15.9 Å². The zero-order valence-electron chi connectivity index (χ0n) is 5.98. The molecule has 1 aliphatic rings. The molecule has 0 aromatic carbocycles. The van der Waals surface area contributed by atoms with E-state index in [1.54, 1.807) is 0 Å². The molecule has 1 heterocycles. The van der Waals surface area contributed by atoms with Gasteiger partial charge in [-0.1, -0.05) is 15.9 Å². The van der Waals surface area contributed by atoms with Crippen LogP contribution in [0.2, 0.25) is 0 Å². The van der Waals surface area contributed by atoms with E-state index in [2.05, 4.69) is 15.9 Å². The zero-order chi connectivity index (χ0) is 8.65. The predicted octanol–water partition coefficient (Wildman–Crippen LogP) is 1.10. The molecule has 1 rings (SSSR count). The molecule has 0 aromatic rings. The van der Waals surface area contributed by atoms with Crippen molar-refractivity contribution < 1.29 is 13.6 Å². The maximum absolute atomic E-state index is 12.8. The Balaban J connectivity index is 2.82. The molecule has 11 heavy (non-hydrogen) atoms. The fourth-order valence-electron chi connectivity index (χ4n) is 1.10. The first kappa shape index (κ1) is 8.90.